The topological polar surface area (TPSA) is 21.3 Å². The van der Waals surface area contributed by atoms with Crippen LogP contribution in [0, 0.1) is 0 Å². The summed E-state index contributed by atoms with van der Waals surface area (Å²) < 4.78 is 11.4. The lowest BCUT2D eigenvalue weighted by Crippen LogP contribution is -2.10. The number of benzene rings is 8. The Kier molecular flexibility index (Phi) is 6.42. The maximum Gasteiger partial charge on any atom is 0.213 e. The number of aromatic nitrogens is 1. The summed E-state index contributed by atoms with van der Waals surface area (Å²) >= 11 is 1.85. The van der Waals surface area contributed by atoms with Gasteiger partial charge >= 0.3 is 0 Å². The van der Waals surface area contributed by atoms with Crippen molar-refractivity contribution < 1.29 is 4.42 Å². The predicted molar refractivity (Wildman–Crippen MR) is 221 cm³/mol. The summed E-state index contributed by atoms with van der Waals surface area (Å²) in [5, 5.41) is 8.55. The van der Waals surface area contributed by atoms with Gasteiger partial charge in [0.05, 0.1) is 21.3 Å². The summed E-state index contributed by atoms with van der Waals surface area (Å²) in [5.74, 6) is 0. The van der Waals surface area contributed by atoms with Crippen molar-refractivity contribution in [2.45, 2.75) is 0 Å². The molecule has 0 aliphatic carbocycles. The van der Waals surface area contributed by atoms with Crippen LogP contribution in [0.2, 0.25) is 0 Å². The second-order valence-electron chi connectivity index (χ2n) is 13.3. The summed E-state index contributed by atoms with van der Waals surface area (Å²) in [6.45, 7) is 0. The van der Waals surface area contributed by atoms with E-state index in [0.29, 0.717) is 0 Å². The van der Waals surface area contributed by atoms with Gasteiger partial charge in [-0.1, -0.05) is 115 Å². The number of anilines is 3. The number of hydrogen-bond acceptors (Lipinski definition) is 3. The molecule has 244 valence electrons. The van der Waals surface area contributed by atoms with Gasteiger partial charge in [0.1, 0.15) is 5.58 Å². The van der Waals surface area contributed by atoms with Gasteiger partial charge in [0.2, 0.25) is 5.71 Å². The van der Waals surface area contributed by atoms with Crippen LogP contribution in [0.4, 0.5) is 17.1 Å². The van der Waals surface area contributed by atoms with E-state index in [2.05, 4.69) is 185 Å². The molecule has 4 heteroatoms. The van der Waals surface area contributed by atoms with Crippen molar-refractivity contribution in [1.29, 1.82) is 0 Å². The molecule has 0 bridgehead atoms. The SMILES string of the molecule is c1ccc2cc(-c3ccc(N(c4ccc(-n5c6ccccc6c6c7ccccc7oc65)cc4)c4cccc5c4sc4ccccc45)cc3)ccc2c1. The number of para-hydroxylation sites is 2. The zero-order valence-electron chi connectivity index (χ0n) is 28.0. The first-order valence-electron chi connectivity index (χ1n) is 17.6. The molecule has 52 heavy (non-hydrogen) atoms. The normalized spacial score (nSPS) is 11.8. The molecule has 0 fully saturated rings. The van der Waals surface area contributed by atoms with E-state index in [0.717, 1.165) is 50.3 Å². The molecule has 0 spiro atoms. The molecule has 0 unspecified atom stereocenters. The van der Waals surface area contributed by atoms with Gasteiger partial charge in [0.15, 0.2) is 0 Å². The molecule has 3 aromatic heterocycles. The third-order valence-corrected chi connectivity index (χ3v) is 11.6. The monoisotopic (exact) mass is 682 g/mol. The second-order valence-corrected chi connectivity index (χ2v) is 14.4. The van der Waals surface area contributed by atoms with E-state index in [4.69, 9.17) is 4.42 Å². The summed E-state index contributed by atoms with van der Waals surface area (Å²) in [4.78, 5) is 2.40. The molecule has 11 rings (SSSR count). The number of furan rings is 1. The maximum absolute atomic E-state index is 6.54. The smallest absolute Gasteiger partial charge is 0.213 e. The molecule has 11 aromatic rings. The Labute approximate surface area is 303 Å². The fourth-order valence-electron chi connectivity index (χ4n) is 7.95. The fraction of sp³-hybridized carbons (Fsp3) is 0. The molecule has 3 heterocycles. The highest BCUT2D eigenvalue weighted by Crippen LogP contribution is 2.46. The minimum absolute atomic E-state index is 0.867. The van der Waals surface area contributed by atoms with E-state index in [1.165, 1.54) is 47.5 Å². The molecule has 0 saturated heterocycles. The molecule has 0 aliphatic rings. The summed E-state index contributed by atoms with van der Waals surface area (Å²) in [6.07, 6.45) is 0. The van der Waals surface area contributed by atoms with Crippen molar-refractivity contribution in [2.75, 3.05) is 4.90 Å². The molecule has 0 atom stereocenters. The van der Waals surface area contributed by atoms with Gasteiger partial charge in [0, 0.05) is 43.3 Å². The van der Waals surface area contributed by atoms with Gasteiger partial charge in [0.25, 0.3) is 0 Å². The largest absolute Gasteiger partial charge is 0.439 e. The summed E-state index contributed by atoms with van der Waals surface area (Å²) in [7, 11) is 0. The molecular weight excluding hydrogens is 653 g/mol. The Hall–Kier alpha value is -6.62. The second kappa shape index (κ2) is 11.5. The minimum atomic E-state index is 0.867. The number of fused-ring (bicyclic) bond motifs is 9. The highest BCUT2D eigenvalue weighted by Gasteiger charge is 2.21. The lowest BCUT2D eigenvalue weighted by molar-refractivity contribution is 0.645. The molecular formula is C48H30N2OS. The number of rotatable bonds is 5. The molecule has 0 radical (unpaired) electrons. The van der Waals surface area contributed by atoms with Gasteiger partial charge in [-0.2, -0.15) is 0 Å². The van der Waals surface area contributed by atoms with Crippen LogP contribution < -0.4 is 4.90 Å². The van der Waals surface area contributed by atoms with Gasteiger partial charge in [-0.15, -0.1) is 11.3 Å². The lowest BCUT2D eigenvalue weighted by atomic mass is 10.0. The van der Waals surface area contributed by atoms with E-state index in [1.807, 2.05) is 17.4 Å². The van der Waals surface area contributed by atoms with Crippen LogP contribution in [0.3, 0.4) is 0 Å². The average Bonchev–Trinajstić information content (AvgIpc) is 3.88. The Balaban J connectivity index is 1.07. The van der Waals surface area contributed by atoms with Gasteiger partial charge in [-0.3, -0.25) is 4.57 Å². The molecule has 3 nitrogen and oxygen atoms in total. The molecule has 8 aromatic carbocycles. The Morgan fingerprint density at radius 2 is 1.13 bits per heavy atom. The zero-order chi connectivity index (χ0) is 34.2. The first-order chi connectivity index (χ1) is 25.8. The fourth-order valence-corrected chi connectivity index (χ4v) is 9.16. The highest BCUT2D eigenvalue weighted by molar-refractivity contribution is 7.26. The third-order valence-electron chi connectivity index (χ3n) is 10.4. The molecule has 0 saturated carbocycles. The van der Waals surface area contributed by atoms with Crippen LogP contribution in [0.5, 0.6) is 0 Å². The van der Waals surface area contributed by atoms with Gasteiger partial charge in [-0.25, -0.2) is 0 Å². The van der Waals surface area contributed by atoms with Crippen molar-refractivity contribution in [1.82, 2.24) is 4.57 Å². The van der Waals surface area contributed by atoms with Crippen molar-refractivity contribution in [3.8, 4) is 16.8 Å². The van der Waals surface area contributed by atoms with Crippen LogP contribution in [-0.2, 0) is 0 Å². The number of nitrogens with zero attached hydrogens (tertiary/aromatic N) is 2. The minimum Gasteiger partial charge on any atom is -0.439 e. The summed E-state index contributed by atoms with van der Waals surface area (Å²) in [5.41, 5.74) is 9.72. The first kappa shape index (κ1) is 29.1. The van der Waals surface area contributed by atoms with Crippen molar-refractivity contribution in [3.63, 3.8) is 0 Å². The molecule has 0 aliphatic heterocycles. The van der Waals surface area contributed by atoms with E-state index < -0.39 is 0 Å². The molecule has 0 amide bonds. The van der Waals surface area contributed by atoms with Crippen LogP contribution in [-0.4, -0.2) is 4.57 Å². The number of thiophene rings is 1. The van der Waals surface area contributed by atoms with Crippen molar-refractivity contribution in [3.05, 3.63) is 182 Å². The van der Waals surface area contributed by atoms with Crippen LogP contribution in [0.15, 0.2) is 186 Å². The van der Waals surface area contributed by atoms with Gasteiger partial charge in [-0.05, 0) is 88.6 Å². The first-order valence-corrected chi connectivity index (χ1v) is 18.4. The Morgan fingerprint density at radius 3 is 1.98 bits per heavy atom. The van der Waals surface area contributed by atoms with Crippen LogP contribution in [0.1, 0.15) is 0 Å². The van der Waals surface area contributed by atoms with E-state index >= 15 is 0 Å². The molecule has 0 N–H and O–H groups in total. The van der Waals surface area contributed by atoms with Crippen LogP contribution >= 0.6 is 11.3 Å². The average molecular weight is 683 g/mol. The van der Waals surface area contributed by atoms with Crippen molar-refractivity contribution >= 4 is 92.3 Å². The Bertz CT molecular complexity index is 3130. The number of hydrogen-bond donors (Lipinski definition) is 0. The highest BCUT2D eigenvalue weighted by atomic mass is 32.1. The Morgan fingerprint density at radius 1 is 0.481 bits per heavy atom. The van der Waals surface area contributed by atoms with E-state index in [9.17, 15) is 0 Å². The standard InChI is InChI=1S/C48H30N2OS/c1-2-11-33-30-34(21-20-31(33)10-1)32-22-24-35(25-23-32)49(43-17-9-15-39-38-12-5-8-19-45(38)52-47(39)43)36-26-28-37(29-27-36)50-42-16-6-3-13-40(42)46-41-14-4-7-18-44(41)51-48(46)50/h1-30H. The zero-order valence-corrected chi connectivity index (χ0v) is 28.8. The van der Waals surface area contributed by atoms with E-state index in [1.54, 1.807) is 0 Å². The lowest BCUT2D eigenvalue weighted by Gasteiger charge is -2.26. The maximum atomic E-state index is 6.54. The predicted octanol–water partition coefficient (Wildman–Crippen LogP) is 14.2. The van der Waals surface area contributed by atoms with E-state index in [-0.39, 0.29) is 0 Å². The summed E-state index contributed by atoms with van der Waals surface area (Å²) in [6, 6.07) is 65.5. The van der Waals surface area contributed by atoms with Crippen LogP contribution in [0.25, 0.3) is 80.7 Å². The van der Waals surface area contributed by atoms with Crippen molar-refractivity contribution in [2.24, 2.45) is 0 Å². The van der Waals surface area contributed by atoms with Gasteiger partial charge < -0.3 is 9.32 Å². The third kappa shape index (κ3) is 4.45. The quantitative estimate of drug-likeness (QED) is 0.180.